The molecule has 0 aromatic carbocycles. The molecule has 0 fully saturated rings. The Balaban J connectivity index is 3.11. The van der Waals surface area contributed by atoms with Crippen molar-refractivity contribution in [2.75, 3.05) is 5.32 Å². The number of nitrogens with one attached hydrogen (secondary N) is 1. The summed E-state index contributed by atoms with van der Waals surface area (Å²) in [5.41, 5.74) is -0.874. The average Bonchev–Trinajstić information content (AvgIpc) is 2.05. The Kier molecular flexibility index (Phi) is 3.33. The summed E-state index contributed by atoms with van der Waals surface area (Å²) in [5.74, 6) is -0.601. The third-order valence-electron chi connectivity index (χ3n) is 1.46. The topological polar surface area (TPSA) is 42.0 Å². The first-order valence-electron chi connectivity index (χ1n) is 3.81. The van der Waals surface area contributed by atoms with E-state index in [-0.39, 0.29) is 10.3 Å². The highest BCUT2D eigenvalue weighted by atomic mass is 79.9. The van der Waals surface area contributed by atoms with Crippen molar-refractivity contribution in [3.8, 4) is 0 Å². The highest BCUT2D eigenvalue weighted by molar-refractivity contribution is 9.10. The van der Waals surface area contributed by atoms with Crippen LogP contribution in [0.4, 0.5) is 19.0 Å². The second-order valence-corrected chi connectivity index (χ2v) is 3.58. The van der Waals surface area contributed by atoms with Crippen LogP contribution in [0.1, 0.15) is 12.5 Å². The van der Waals surface area contributed by atoms with E-state index < -0.39 is 17.6 Å². The standard InChI is InChI=1S/C8H6BrF3N2O/c1-4(15)14-7-2-5(8(10,11)12)6(9)3-13-7/h2-3H,1H3,(H,13,14,15). The second kappa shape index (κ2) is 4.18. The molecule has 0 bridgehead atoms. The zero-order valence-electron chi connectivity index (χ0n) is 7.52. The highest BCUT2D eigenvalue weighted by Crippen LogP contribution is 2.35. The van der Waals surface area contributed by atoms with Crippen LogP contribution in [-0.2, 0) is 11.0 Å². The number of amides is 1. The van der Waals surface area contributed by atoms with Gasteiger partial charge in [-0.1, -0.05) is 0 Å². The molecule has 0 aliphatic rings. The number of aromatic nitrogens is 1. The van der Waals surface area contributed by atoms with Gasteiger partial charge in [0.1, 0.15) is 5.82 Å². The van der Waals surface area contributed by atoms with Crippen LogP contribution in [0.3, 0.4) is 0 Å². The van der Waals surface area contributed by atoms with Gasteiger partial charge >= 0.3 is 6.18 Å². The summed E-state index contributed by atoms with van der Waals surface area (Å²) >= 11 is 2.74. The van der Waals surface area contributed by atoms with Crippen molar-refractivity contribution in [1.29, 1.82) is 0 Å². The Labute approximate surface area is 91.8 Å². The summed E-state index contributed by atoms with van der Waals surface area (Å²) in [4.78, 5) is 14.2. The lowest BCUT2D eigenvalue weighted by Gasteiger charge is -2.10. The van der Waals surface area contributed by atoms with Gasteiger partial charge in [0.05, 0.1) is 5.56 Å². The first-order chi connectivity index (χ1) is 6.80. The third kappa shape index (κ3) is 3.19. The largest absolute Gasteiger partial charge is 0.417 e. The van der Waals surface area contributed by atoms with Gasteiger partial charge in [-0.3, -0.25) is 4.79 Å². The summed E-state index contributed by atoms with van der Waals surface area (Å²) in [7, 11) is 0. The SMILES string of the molecule is CC(=O)Nc1cc(C(F)(F)F)c(Br)cn1. The van der Waals surface area contributed by atoms with E-state index in [2.05, 4.69) is 26.2 Å². The zero-order valence-corrected chi connectivity index (χ0v) is 9.11. The van der Waals surface area contributed by atoms with Gasteiger partial charge in [0.25, 0.3) is 0 Å². The Bertz CT molecular complexity index is 392. The van der Waals surface area contributed by atoms with Crippen LogP contribution in [0, 0.1) is 0 Å². The number of carbonyl (C=O) groups excluding carboxylic acids is 1. The van der Waals surface area contributed by atoms with E-state index in [9.17, 15) is 18.0 Å². The van der Waals surface area contributed by atoms with E-state index in [0.717, 1.165) is 12.3 Å². The van der Waals surface area contributed by atoms with Crippen molar-refractivity contribution < 1.29 is 18.0 Å². The van der Waals surface area contributed by atoms with Gasteiger partial charge in [-0.25, -0.2) is 4.98 Å². The molecule has 15 heavy (non-hydrogen) atoms. The van der Waals surface area contributed by atoms with Crippen LogP contribution in [-0.4, -0.2) is 10.9 Å². The Morgan fingerprint density at radius 3 is 2.60 bits per heavy atom. The quantitative estimate of drug-likeness (QED) is 0.861. The fourth-order valence-electron chi connectivity index (χ4n) is 0.905. The summed E-state index contributed by atoms with van der Waals surface area (Å²) in [6.45, 7) is 1.19. The van der Waals surface area contributed by atoms with E-state index in [1.165, 1.54) is 6.92 Å². The molecule has 0 atom stereocenters. The third-order valence-corrected chi connectivity index (χ3v) is 2.10. The maximum atomic E-state index is 12.4. The van der Waals surface area contributed by atoms with Crippen molar-refractivity contribution in [2.45, 2.75) is 13.1 Å². The molecule has 0 unspecified atom stereocenters. The normalized spacial score (nSPS) is 11.3. The monoisotopic (exact) mass is 282 g/mol. The van der Waals surface area contributed by atoms with E-state index >= 15 is 0 Å². The number of pyridine rings is 1. The molecule has 0 radical (unpaired) electrons. The zero-order chi connectivity index (χ0) is 11.6. The van der Waals surface area contributed by atoms with Crippen molar-refractivity contribution in [3.05, 3.63) is 22.3 Å². The van der Waals surface area contributed by atoms with Crippen molar-refractivity contribution in [2.24, 2.45) is 0 Å². The Morgan fingerprint density at radius 2 is 2.13 bits per heavy atom. The molecular weight excluding hydrogens is 277 g/mol. The predicted octanol–water partition coefficient (Wildman–Crippen LogP) is 2.82. The number of hydrogen-bond donors (Lipinski definition) is 1. The van der Waals surface area contributed by atoms with Gasteiger partial charge in [0.2, 0.25) is 5.91 Å². The number of nitrogens with zero attached hydrogens (tertiary/aromatic N) is 1. The molecular formula is C8H6BrF3N2O. The van der Waals surface area contributed by atoms with Crippen LogP contribution in [0.5, 0.6) is 0 Å². The molecule has 0 aliphatic heterocycles. The Morgan fingerprint density at radius 1 is 1.53 bits per heavy atom. The number of hydrogen-bond acceptors (Lipinski definition) is 2. The maximum absolute atomic E-state index is 12.4. The van der Waals surface area contributed by atoms with E-state index in [4.69, 9.17) is 0 Å². The van der Waals surface area contributed by atoms with Crippen molar-refractivity contribution >= 4 is 27.7 Å². The molecule has 7 heteroatoms. The van der Waals surface area contributed by atoms with E-state index in [1.54, 1.807) is 0 Å². The van der Waals surface area contributed by atoms with Crippen LogP contribution in [0.25, 0.3) is 0 Å². The summed E-state index contributed by atoms with van der Waals surface area (Å²) in [6, 6.07) is 0.769. The molecule has 82 valence electrons. The average molecular weight is 283 g/mol. The molecule has 1 heterocycles. The smallest absolute Gasteiger partial charge is 0.311 e. The maximum Gasteiger partial charge on any atom is 0.417 e. The molecule has 1 N–H and O–H groups in total. The first kappa shape index (κ1) is 12.0. The number of anilines is 1. The highest BCUT2D eigenvalue weighted by Gasteiger charge is 2.33. The lowest BCUT2D eigenvalue weighted by atomic mass is 10.2. The minimum absolute atomic E-state index is 0.127. The molecule has 0 spiro atoms. The van der Waals surface area contributed by atoms with Crippen LogP contribution in [0.15, 0.2) is 16.7 Å². The number of halogens is 4. The van der Waals surface area contributed by atoms with Crippen molar-refractivity contribution in [3.63, 3.8) is 0 Å². The Hall–Kier alpha value is -1.11. The fraction of sp³-hybridized carbons (Fsp3) is 0.250. The minimum atomic E-state index is -4.48. The minimum Gasteiger partial charge on any atom is -0.311 e. The molecule has 0 saturated carbocycles. The lowest BCUT2D eigenvalue weighted by molar-refractivity contribution is -0.138. The number of alkyl halides is 3. The van der Waals surface area contributed by atoms with Gasteiger partial charge < -0.3 is 5.32 Å². The molecule has 0 saturated heterocycles. The predicted molar refractivity (Wildman–Crippen MR) is 51.2 cm³/mol. The number of rotatable bonds is 1. The summed E-state index contributed by atoms with van der Waals surface area (Å²) in [5, 5.41) is 2.17. The fourth-order valence-corrected chi connectivity index (χ4v) is 1.35. The van der Waals surface area contributed by atoms with Gasteiger partial charge in [0.15, 0.2) is 0 Å². The molecule has 1 aromatic rings. The molecule has 3 nitrogen and oxygen atoms in total. The van der Waals surface area contributed by atoms with Crippen LogP contribution < -0.4 is 5.32 Å². The molecule has 1 aromatic heterocycles. The lowest BCUT2D eigenvalue weighted by Crippen LogP contribution is -2.11. The first-order valence-corrected chi connectivity index (χ1v) is 4.60. The van der Waals surface area contributed by atoms with Gasteiger partial charge in [0, 0.05) is 17.6 Å². The summed E-state index contributed by atoms with van der Waals surface area (Å²) < 4.78 is 37.0. The van der Waals surface area contributed by atoms with Gasteiger partial charge in [-0.15, -0.1) is 0 Å². The van der Waals surface area contributed by atoms with Gasteiger partial charge in [-0.2, -0.15) is 13.2 Å². The molecule has 1 rings (SSSR count). The summed E-state index contributed by atoms with van der Waals surface area (Å²) in [6.07, 6.45) is -3.48. The van der Waals surface area contributed by atoms with E-state index in [1.807, 2.05) is 0 Å². The molecule has 1 amide bonds. The van der Waals surface area contributed by atoms with Gasteiger partial charge in [-0.05, 0) is 22.0 Å². The van der Waals surface area contributed by atoms with Crippen molar-refractivity contribution in [1.82, 2.24) is 4.98 Å². The van der Waals surface area contributed by atoms with Crippen LogP contribution in [0.2, 0.25) is 0 Å². The van der Waals surface area contributed by atoms with E-state index in [0.29, 0.717) is 0 Å². The van der Waals surface area contributed by atoms with Crippen LogP contribution >= 0.6 is 15.9 Å². The number of carbonyl (C=O) groups is 1. The molecule has 0 aliphatic carbocycles. The second-order valence-electron chi connectivity index (χ2n) is 2.73.